The number of hydrogen-bond acceptors (Lipinski definition) is 3. The third-order valence-electron chi connectivity index (χ3n) is 4.55. The second-order valence-corrected chi connectivity index (χ2v) is 6.34. The van der Waals surface area contributed by atoms with E-state index in [4.69, 9.17) is 0 Å². The number of piperidine rings is 1. The maximum atomic E-state index is 12.6. The molecule has 6 heteroatoms. The summed E-state index contributed by atoms with van der Waals surface area (Å²) in [6.07, 6.45) is 2.13. The van der Waals surface area contributed by atoms with Gasteiger partial charge < -0.3 is 4.90 Å². The molecule has 1 aromatic heterocycles. The molecule has 0 aliphatic carbocycles. The molecule has 1 aliphatic heterocycles. The Labute approximate surface area is 133 Å². The summed E-state index contributed by atoms with van der Waals surface area (Å²) in [4.78, 5) is 39.0. The van der Waals surface area contributed by atoms with Gasteiger partial charge in [-0.05, 0) is 30.9 Å². The van der Waals surface area contributed by atoms with Gasteiger partial charge in [-0.2, -0.15) is 0 Å². The number of benzene rings is 1. The molecule has 122 valence electrons. The Morgan fingerprint density at radius 1 is 1.26 bits per heavy atom. The number of para-hydroxylation sites is 1. The first-order chi connectivity index (χ1) is 11.0. The average Bonchev–Trinajstić information content (AvgIpc) is 2.56. The highest BCUT2D eigenvalue weighted by Crippen LogP contribution is 2.16. The molecule has 2 aromatic rings. The minimum absolute atomic E-state index is 0.0276. The zero-order valence-electron chi connectivity index (χ0n) is 13.5. The number of carbonyl (C=O) groups is 1. The Kier molecular flexibility index (Phi) is 4.07. The van der Waals surface area contributed by atoms with E-state index in [2.05, 4.69) is 6.92 Å². The molecule has 0 radical (unpaired) electrons. The Morgan fingerprint density at radius 2 is 2.00 bits per heavy atom. The molecule has 1 atom stereocenters. The van der Waals surface area contributed by atoms with Crippen LogP contribution in [0.2, 0.25) is 0 Å². The van der Waals surface area contributed by atoms with Crippen LogP contribution in [0.25, 0.3) is 10.9 Å². The van der Waals surface area contributed by atoms with Crippen LogP contribution >= 0.6 is 0 Å². The molecule has 1 aliphatic rings. The zero-order valence-corrected chi connectivity index (χ0v) is 13.5. The number of rotatable bonds is 2. The minimum atomic E-state index is -0.452. The number of likely N-dealkylation sites (tertiary alicyclic amines) is 1. The van der Waals surface area contributed by atoms with Gasteiger partial charge in [-0.15, -0.1) is 0 Å². The molecule has 23 heavy (non-hydrogen) atoms. The van der Waals surface area contributed by atoms with Crippen LogP contribution in [0.1, 0.15) is 19.8 Å². The maximum absolute atomic E-state index is 12.6. The maximum Gasteiger partial charge on any atom is 0.331 e. The highest BCUT2D eigenvalue weighted by molar-refractivity contribution is 5.81. The number of fused-ring (bicyclic) bond motifs is 1. The molecule has 1 fully saturated rings. The molecule has 2 heterocycles. The predicted octanol–water partition coefficient (Wildman–Crippen LogP) is 0.959. The quantitative estimate of drug-likeness (QED) is 0.829. The van der Waals surface area contributed by atoms with Crippen LogP contribution in [0, 0.1) is 5.92 Å². The van der Waals surface area contributed by atoms with Gasteiger partial charge in [-0.1, -0.05) is 19.1 Å². The molecule has 0 spiro atoms. The summed E-state index contributed by atoms with van der Waals surface area (Å²) in [5.41, 5.74) is -0.271. The smallest absolute Gasteiger partial charge is 0.331 e. The zero-order chi connectivity index (χ0) is 16.6. The summed E-state index contributed by atoms with van der Waals surface area (Å²) >= 11 is 0. The van der Waals surface area contributed by atoms with Gasteiger partial charge in [0.25, 0.3) is 5.56 Å². The predicted molar refractivity (Wildman–Crippen MR) is 88.4 cm³/mol. The van der Waals surface area contributed by atoms with E-state index in [1.54, 1.807) is 24.3 Å². The summed E-state index contributed by atoms with van der Waals surface area (Å²) in [5, 5.41) is 0.453. The van der Waals surface area contributed by atoms with Crippen LogP contribution < -0.4 is 11.2 Å². The first-order valence-corrected chi connectivity index (χ1v) is 7.95. The summed E-state index contributed by atoms with van der Waals surface area (Å²) in [6.45, 7) is 3.58. The van der Waals surface area contributed by atoms with E-state index in [0.717, 1.165) is 30.5 Å². The highest BCUT2D eigenvalue weighted by Gasteiger charge is 2.22. The average molecular weight is 315 g/mol. The lowest BCUT2D eigenvalue weighted by molar-refractivity contribution is -0.133. The molecule has 3 rings (SSSR count). The fourth-order valence-corrected chi connectivity index (χ4v) is 3.25. The molecule has 0 bridgehead atoms. The van der Waals surface area contributed by atoms with E-state index in [0.29, 0.717) is 16.8 Å². The molecule has 0 N–H and O–H groups in total. The third kappa shape index (κ3) is 2.81. The fraction of sp³-hybridized carbons (Fsp3) is 0.471. The molecule has 0 saturated carbocycles. The first-order valence-electron chi connectivity index (χ1n) is 7.95. The van der Waals surface area contributed by atoms with Crippen molar-refractivity contribution in [3.05, 3.63) is 45.1 Å². The summed E-state index contributed by atoms with van der Waals surface area (Å²) < 4.78 is 2.47. The van der Waals surface area contributed by atoms with Crippen molar-refractivity contribution in [2.75, 3.05) is 13.1 Å². The molecule has 1 saturated heterocycles. The van der Waals surface area contributed by atoms with E-state index in [9.17, 15) is 14.4 Å². The lowest BCUT2D eigenvalue weighted by Gasteiger charge is -2.31. The van der Waals surface area contributed by atoms with Crippen LogP contribution in [-0.4, -0.2) is 33.0 Å². The normalized spacial score (nSPS) is 18.3. The fourth-order valence-electron chi connectivity index (χ4n) is 3.25. The van der Waals surface area contributed by atoms with Crippen molar-refractivity contribution in [1.82, 2.24) is 14.0 Å². The number of carbonyl (C=O) groups excluding carboxylic acids is 1. The summed E-state index contributed by atoms with van der Waals surface area (Å²) in [5.74, 6) is 0.420. The lowest BCUT2D eigenvalue weighted by atomic mass is 10.0. The molecule has 1 amide bonds. The van der Waals surface area contributed by atoms with Gasteiger partial charge in [-0.25, -0.2) is 4.79 Å². The number of amides is 1. The van der Waals surface area contributed by atoms with E-state index in [-0.39, 0.29) is 18.0 Å². The Bertz CT molecular complexity index is 865. The second-order valence-electron chi connectivity index (χ2n) is 6.34. The first kappa shape index (κ1) is 15.5. The van der Waals surface area contributed by atoms with Gasteiger partial charge in [0.15, 0.2) is 0 Å². The van der Waals surface area contributed by atoms with Crippen LogP contribution in [0.5, 0.6) is 0 Å². The van der Waals surface area contributed by atoms with Crippen LogP contribution in [0.3, 0.4) is 0 Å². The number of aromatic nitrogens is 2. The second kappa shape index (κ2) is 6.02. The Balaban J connectivity index is 2.01. The summed E-state index contributed by atoms with van der Waals surface area (Å²) in [6, 6.07) is 6.92. The van der Waals surface area contributed by atoms with Crippen molar-refractivity contribution in [2.45, 2.75) is 26.3 Å². The number of nitrogens with zero attached hydrogens (tertiary/aromatic N) is 3. The van der Waals surface area contributed by atoms with Crippen molar-refractivity contribution in [1.29, 1.82) is 0 Å². The van der Waals surface area contributed by atoms with Crippen molar-refractivity contribution in [3.63, 3.8) is 0 Å². The van der Waals surface area contributed by atoms with Crippen LogP contribution in [-0.2, 0) is 18.4 Å². The highest BCUT2D eigenvalue weighted by atomic mass is 16.2. The van der Waals surface area contributed by atoms with E-state index >= 15 is 0 Å². The van der Waals surface area contributed by atoms with Gasteiger partial charge in [0.2, 0.25) is 5.91 Å². The summed E-state index contributed by atoms with van der Waals surface area (Å²) in [7, 11) is 1.45. The lowest BCUT2D eigenvalue weighted by Crippen LogP contribution is -2.44. The van der Waals surface area contributed by atoms with Crippen molar-refractivity contribution in [3.8, 4) is 0 Å². The third-order valence-corrected chi connectivity index (χ3v) is 4.55. The molecular formula is C17H21N3O3. The monoisotopic (exact) mass is 315 g/mol. The van der Waals surface area contributed by atoms with Crippen LogP contribution in [0.4, 0.5) is 0 Å². The van der Waals surface area contributed by atoms with Gasteiger partial charge in [0.1, 0.15) is 6.54 Å². The molecule has 1 aromatic carbocycles. The molecule has 0 unspecified atom stereocenters. The Morgan fingerprint density at radius 3 is 2.74 bits per heavy atom. The van der Waals surface area contributed by atoms with Crippen LogP contribution in [0.15, 0.2) is 33.9 Å². The molecular weight excluding hydrogens is 294 g/mol. The van der Waals surface area contributed by atoms with Gasteiger partial charge in [-0.3, -0.25) is 18.7 Å². The number of hydrogen-bond donors (Lipinski definition) is 0. The van der Waals surface area contributed by atoms with Gasteiger partial charge in [0, 0.05) is 20.1 Å². The van der Waals surface area contributed by atoms with E-state index < -0.39 is 5.69 Å². The van der Waals surface area contributed by atoms with Gasteiger partial charge >= 0.3 is 5.69 Å². The standard InChI is InChI=1S/C17H21N3O3/c1-12-6-5-9-19(10-12)15(21)11-20-14-8-4-3-7-13(14)16(22)18(2)17(20)23/h3-4,7-8,12H,5-6,9-11H2,1-2H3/t12-/m0/s1. The topological polar surface area (TPSA) is 64.3 Å². The van der Waals surface area contributed by atoms with Crippen molar-refractivity contribution < 1.29 is 4.79 Å². The SMILES string of the molecule is C[C@H]1CCCN(C(=O)Cn2c(=O)n(C)c(=O)c3ccccc32)C1. The van der Waals surface area contributed by atoms with Gasteiger partial charge in [0.05, 0.1) is 10.9 Å². The molecule has 6 nitrogen and oxygen atoms in total. The Hall–Kier alpha value is -2.37. The van der Waals surface area contributed by atoms with Crippen molar-refractivity contribution in [2.24, 2.45) is 13.0 Å². The minimum Gasteiger partial charge on any atom is -0.341 e. The van der Waals surface area contributed by atoms with E-state index in [1.165, 1.54) is 11.6 Å². The van der Waals surface area contributed by atoms with Crippen molar-refractivity contribution >= 4 is 16.8 Å². The largest absolute Gasteiger partial charge is 0.341 e. The van der Waals surface area contributed by atoms with E-state index in [1.807, 2.05) is 4.90 Å².